The monoisotopic (exact) mass is 804 g/mol. The maximum atomic E-state index is 9.87. The smallest absolute Gasteiger partial charge is 0.166 e. The largest absolute Gasteiger partial charge is 0.455 e. The third kappa shape index (κ3) is 6.06. The molecule has 290 valence electrons. The molecule has 0 atom stereocenters. The Bertz CT molecular complexity index is 4320. The summed E-state index contributed by atoms with van der Waals surface area (Å²) in [6, 6.07) is 38.1. The van der Waals surface area contributed by atoms with Gasteiger partial charge in [0, 0.05) is 43.8 Å². The molecule has 0 saturated heterocycles. The Morgan fingerprint density at radius 3 is 1.90 bits per heavy atom. The second-order valence-electron chi connectivity index (χ2n) is 14.7. The van der Waals surface area contributed by atoms with Crippen molar-refractivity contribution in [2.75, 3.05) is 0 Å². The summed E-state index contributed by atoms with van der Waals surface area (Å²) in [7, 11) is 0. The van der Waals surface area contributed by atoms with Crippen molar-refractivity contribution in [3.63, 3.8) is 0 Å². The van der Waals surface area contributed by atoms with E-state index in [-0.39, 0.29) is 33.3 Å². The highest BCUT2D eigenvalue weighted by molar-refractivity contribution is 6.12. The number of nitrogens with zero attached hydrogens (tertiary/aromatic N) is 4. The molecular formula is C57H36N4O. The topological polar surface area (TPSA) is 56.7 Å². The number of fused-ring (bicyclic) bond motifs is 6. The van der Waals surface area contributed by atoms with Crippen molar-refractivity contribution in [3.8, 4) is 73.2 Å². The van der Waals surface area contributed by atoms with Crippen LogP contribution in [0.4, 0.5) is 0 Å². The first kappa shape index (κ1) is 25.3. The highest BCUT2D eigenvalue weighted by atomic mass is 16.3. The van der Waals surface area contributed by atoms with Crippen LogP contribution in [0.1, 0.15) is 16.4 Å². The third-order valence-electron chi connectivity index (χ3n) is 11.0. The summed E-state index contributed by atoms with van der Waals surface area (Å²) in [4.78, 5) is 15.3. The van der Waals surface area contributed by atoms with E-state index in [9.17, 15) is 6.85 Å². The molecule has 0 spiro atoms. The van der Waals surface area contributed by atoms with Crippen LogP contribution in [0.5, 0.6) is 0 Å². The highest BCUT2D eigenvalue weighted by Gasteiger charge is 2.22. The fourth-order valence-corrected chi connectivity index (χ4v) is 8.11. The minimum Gasteiger partial charge on any atom is -0.455 e. The number of para-hydroxylation sites is 3. The van der Waals surface area contributed by atoms with Gasteiger partial charge in [0.2, 0.25) is 0 Å². The fourth-order valence-electron chi connectivity index (χ4n) is 8.11. The van der Waals surface area contributed by atoms with Crippen LogP contribution in [0.2, 0.25) is 0 Å². The summed E-state index contributed by atoms with van der Waals surface area (Å²) < 4.78 is 117. The van der Waals surface area contributed by atoms with E-state index in [2.05, 4.69) is 0 Å². The van der Waals surface area contributed by atoms with Gasteiger partial charge in [0.05, 0.1) is 33.2 Å². The molecule has 3 aromatic heterocycles. The second-order valence-corrected chi connectivity index (χ2v) is 14.7. The molecule has 12 aromatic rings. The van der Waals surface area contributed by atoms with Gasteiger partial charge < -0.3 is 8.98 Å². The molecule has 0 aliphatic rings. The molecule has 0 aliphatic carbocycles. The average molecular weight is 805 g/mol. The SMILES string of the molecule is [2H]c1c([2H])c([2H])c(-c2c([2H])c([2H])c3c(c2[2H])c2c([2H])c([2H])c([2H])c([2H])c2n3-c2cc(-c3cccc4c3oc3ccccc34)ccc2-c2nc(-c3ccccc3)nc(-c3cccc(-c4ccccc4)c3)n2)c([2H])c1[2H]. The Balaban J connectivity index is 1.23. The lowest BCUT2D eigenvalue weighted by Gasteiger charge is -2.17. The summed E-state index contributed by atoms with van der Waals surface area (Å²) >= 11 is 0. The summed E-state index contributed by atoms with van der Waals surface area (Å²) in [6.45, 7) is 0. The molecule has 5 nitrogen and oxygen atoms in total. The highest BCUT2D eigenvalue weighted by Crippen LogP contribution is 2.42. The van der Waals surface area contributed by atoms with Crippen LogP contribution in [0.3, 0.4) is 0 Å². The summed E-state index contributed by atoms with van der Waals surface area (Å²) in [5.41, 5.74) is 4.90. The van der Waals surface area contributed by atoms with E-state index >= 15 is 0 Å². The van der Waals surface area contributed by atoms with Crippen LogP contribution < -0.4 is 0 Å². The van der Waals surface area contributed by atoms with Gasteiger partial charge in [-0.1, -0.05) is 176 Å². The van der Waals surface area contributed by atoms with E-state index in [1.165, 1.54) is 4.57 Å². The quantitative estimate of drug-likeness (QED) is 0.161. The van der Waals surface area contributed by atoms with Crippen molar-refractivity contribution in [1.29, 1.82) is 0 Å². The molecule has 0 fully saturated rings. The van der Waals surface area contributed by atoms with Crippen molar-refractivity contribution in [2.24, 2.45) is 0 Å². The summed E-state index contributed by atoms with van der Waals surface area (Å²) in [6.07, 6.45) is 0. The molecule has 12 rings (SSSR count). The number of hydrogen-bond donors (Lipinski definition) is 0. The predicted octanol–water partition coefficient (Wildman–Crippen LogP) is 14.9. The molecular weight excluding hydrogens is 757 g/mol. The van der Waals surface area contributed by atoms with Crippen molar-refractivity contribution >= 4 is 43.7 Å². The maximum absolute atomic E-state index is 9.87. The summed E-state index contributed by atoms with van der Waals surface area (Å²) in [5.74, 6) is 0.759. The molecule has 0 saturated carbocycles. The van der Waals surface area contributed by atoms with E-state index in [4.69, 9.17) is 29.0 Å². The van der Waals surface area contributed by atoms with Crippen LogP contribution in [-0.4, -0.2) is 19.5 Å². The Morgan fingerprint density at radius 2 is 1.05 bits per heavy atom. The molecule has 9 aromatic carbocycles. The molecule has 3 heterocycles. The average Bonchev–Trinajstić information content (AvgIpc) is 4.05. The minimum absolute atomic E-state index is 0.137. The lowest BCUT2D eigenvalue weighted by atomic mass is 9.99. The molecule has 0 N–H and O–H groups in total. The van der Waals surface area contributed by atoms with Gasteiger partial charge in [0.1, 0.15) is 11.2 Å². The fraction of sp³-hybridized carbons (Fsp3) is 0. The van der Waals surface area contributed by atoms with E-state index < -0.39 is 83.6 Å². The zero-order valence-electron chi connectivity index (χ0n) is 44.6. The molecule has 0 unspecified atom stereocenters. The predicted molar refractivity (Wildman–Crippen MR) is 254 cm³/mol. The van der Waals surface area contributed by atoms with Crippen LogP contribution in [0, 0.1) is 0 Å². The number of aromatic nitrogens is 4. The number of rotatable bonds is 7. The van der Waals surface area contributed by atoms with Crippen molar-refractivity contribution in [2.45, 2.75) is 0 Å². The van der Waals surface area contributed by atoms with Crippen LogP contribution in [0.25, 0.3) is 117 Å². The lowest BCUT2D eigenvalue weighted by Crippen LogP contribution is -2.04. The number of furan rings is 1. The van der Waals surface area contributed by atoms with E-state index in [0.717, 1.165) is 21.9 Å². The van der Waals surface area contributed by atoms with Gasteiger partial charge in [-0.25, -0.2) is 15.0 Å². The van der Waals surface area contributed by atoms with Crippen LogP contribution >= 0.6 is 0 Å². The first-order chi connectivity index (χ1) is 35.7. The van der Waals surface area contributed by atoms with Gasteiger partial charge in [-0.15, -0.1) is 0 Å². The van der Waals surface area contributed by atoms with E-state index in [0.29, 0.717) is 50.6 Å². The van der Waals surface area contributed by atoms with Gasteiger partial charge >= 0.3 is 0 Å². The first-order valence-corrected chi connectivity index (χ1v) is 19.9. The molecule has 5 heteroatoms. The number of hydrogen-bond acceptors (Lipinski definition) is 4. The molecule has 62 heavy (non-hydrogen) atoms. The summed E-state index contributed by atoms with van der Waals surface area (Å²) in [5, 5.41) is 1.34. The Morgan fingerprint density at radius 1 is 0.387 bits per heavy atom. The van der Waals surface area contributed by atoms with Gasteiger partial charge in [-0.05, 0) is 70.2 Å². The minimum atomic E-state index is -0.713. The third-order valence-corrected chi connectivity index (χ3v) is 11.0. The zero-order chi connectivity index (χ0) is 51.4. The standard InChI is InChI=1S/C57H36N4O/c1-4-16-37(17-5-1)40-22-14-23-43(34-40)56-58-55(39-20-8-3-9-21-39)59-57(60-56)48-32-30-42(44-26-15-27-47-46-25-11-13-29-53(46)62-54(44)47)36-52(48)61-50-28-12-10-24-45(50)49-35-41(31-33-51(49)61)38-18-6-2-7-19-38/h1-36H/i2D,6D,7D,10D,12D,18D,19D,24D,28D,31D,33D,35D. The van der Waals surface area contributed by atoms with Crippen molar-refractivity contribution in [1.82, 2.24) is 19.5 Å². The van der Waals surface area contributed by atoms with Gasteiger partial charge in [-0.3, -0.25) is 0 Å². The van der Waals surface area contributed by atoms with E-state index in [1.807, 2.05) is 133 Å². The maximum Gasteiger partial charge on any atom is 0.166 e. The van der Waals surface area contributed by atoms with Crippen molar-refractivity contribution < 1.29 is 20.9 Å². The normalized spacial score (nSPS) is 14.3. The second kappa shape index (κ2) is 14.7. The van der Waals surface area contributed by atoms with E-state index in [1.54, 1.807) is 12.1 Å². The van der Waals surface area contributed by atoms with Crippen LogP contribution in [0.15, 0.2) is 223 Å². The van der Waals surface area contributed by atoms with Gasteiger partial charge in [0.15, 0.2) is 17.5 Å². The molecule has 0 amide bonds. The number of benzene rings is 9. The molecule has 0 radical (unpaired) electrons. The molecule has 0 bridgehead atoms. The van der Waals surface area contributed by atoms with Crippen molar-refractivity contribution in [3.05, 3.63) is 218 Å². The first-order valence-electron chi connectivity index (χ1n) is 25.9. The molecule has 0 aliphatic heterocycles. The zero-order valence-corrected chi connectivity index (χ0v) is 32.6. The Labute approximate surface area is 374 Å². The Hall–Kier alpha value is -8.41. The lowest BCUT2D eigenvalue weighted by molar-refractivity contribution is 0.670. The van der Waals surface area contributed by atoms with Gasteiger partial charge in [0.25, 0.3) is 0 Å². The van der Waals surface area contributed by atoms with Crippen LogP contribution in [-0.2, 0) is 0 Å². The van der Waals surface area contributed by atoms with Gasteiger partial charge in [-0.2, -0.15) is 0 Å². The Kier molecular flexibility index (Phi) is 5.99.